The van der Waals surface area contributed by atoms with Gasteiger partial charge < -0.3 is 10.1 Å². The van der Waals surface area contributed by atoms with E-state index in [-0.39, 0.29) is 0 Å². The lowest BCUT2D eigenvalue weighted by Crippen LogP contribution is -2.23. The van der Waals surface area contributed by atoms with E-state index in [0.29, 0.717) is 12.5 Å². The number of rotatable bonds is 7. The Morgan fingerprint density at radius 1 is 1.38 bits per heavy atom. The summed E-state index contributed by atoms with van der Waals surface area (Å²) in [7, 11) is 0. The Balaban J connectivity index is 2.23. The summed E-state index contributed by atoms with van der Waals surface area (Å²) in [5, 5.41) is 3.32. The smallest absolute Gasteiger partial charge is 0.0727 e. The van der Waals surface area contributed by atoms with Gasteiger partial charge in [-0.15, -0.1) is 0 Å². The molecular weight excluding hydrogens is 266 g/mol. The van der Waals surface area contributed by atoms with Crippen molar-refractivity contribution in [2.45, 2.75) is 20.5 Å². The molecule has 1 rings (SSSR count). The molecule has 1 N–H and O–H groups in total. The zero-order valence-electron chi connectivity index (χ0n) is 10.0. The van der Waals surface area contributed by atoms with Gasteiger partial charge in [0.05, 0.1) is 13.2 Å². The molecule has 0 aliphatic rings. The molecule has 1 aromatic carbocycles. The van der Waals surface area contributed by atoms with Crippen molar-refractivity contribution in [2.75, 3.05) is 19.7 Å². The van der Waals surface area contributed by atoms with Gasteiger partial charge in [0, 0.05) is 4.47 Å². The standard InChI is InChI=1S/C13H20BrNO/c1-3-15-8-11(2)9-16-10-12-6-4-5-7-13(12)14/h4-7,11,15H,3,8-10H2,1-2H3. The molecule has 0 radical (unpaired) electrons. The molecule has 0 heterocycles. The summed E-state index contributed by atoms with van der Waals surface area (Å²) in [6.45, 7) is 7.84. The van der Waals surface area contributed by atoms with Crippen LogP contribution < -0.4 is 5.32 Å². The van der Waals surface area contributed by atoms with E-state index in [1.807, 2.05) is 18.2 Å². The van der Waals surface area contributed by atoms with Crippen molar-refractivity contribution in [1.82, 2.24) is 5.32 Å². The van der Waals surface area contributed by atoms with Crippen LogP contribution in [-0.4, -0.2) is 19.7 Å². The number of halogens is 1. The molecule has 1 aromatic rings. The minimum Gasteiger partial charge on any atom is -0.376 e. The first kappa shape index (κ1) is 13.7. The topological polar surface area (TPSA) is 21.3 Å². The fourth-order valence-corrected chi connectivity index (χ4v) is 1.83. The van der Waals surface area contributed by atoms with Gasteiger partial charge in [0.25, 0.3) is 0 Å². The molecule has 3 heteroatoms. The predicted molar refractivity (Wildman–Crippen MR) is 71.5 cm³/mol. The largest absolute Gasteiger partial charge is 0.376 e. The number of ether oxygens (including phenoxy) is 1. The highest BCUT2D eigenvalue weighted by Gasteiger charge is 2.03. The van der Waals surface area contributed by atoms with Crippen LogP contribution in [0.3, 0.4) is 0 Å². The van der Waals surface area contributed by atoms with E-state index in [1.54, 1.807) is 0 Å². The first-order valence-electron chi connectivity index (χ1n) is 5.76. The molecule has 90 valence electrons. The maximum atomic E-state index is 5.69. The van der Waals surface area contributed by atoms with E-state index in [0.717, 1.165) is 24.2 Å². The minimum absolute atomic E-state index is 0.558. The molecule has 1 unspecified atom stereocenters. The number of benzene rings is 1. The van der Waals surface area contributed by atoms with Gasteiger partial charge in [-0.2, -0.15) is 0 Å². The second-order valence-corrected chi connectivity index (χ2v) is 4.87. The Morgan fingerprint density at radius 2 is 2.12 bits per heavy atom. The van der Waals surface area contributed by atoms with Crippen LogP contribution in [0.2, 0.25) is 0 Å². The van der Waals surface area contributed by atoms with Crippen LogP contribution in [0.4, 0.5) is 0 Å². The maximum absolute atomic E-state index is 5.69. The SMILES string of the molecule is CCNCC(C)COCc1ccccc1Br. The third-order valence-electron chi connectivity index (χ3n) is 2.36. The Bertz CT molecular complexity index is 304. The van der Waals surface area contributed by atoms with Crippen molar-refractivity contribution in [3.63, 3.8) is 0 Å². The lowest BCUT2D eigenvalue weighted by molar-refractivity contribution is 0.0916. The molecular formula is C13H20BrNO. The van der Waals surface area contributed by atoms with Gasteiger partial charge in [-0.1, -0.05) is 48.0 Å². The van der Waals surface area contributed by atoms with Crippen LogP contribution in [0.1, 0.15) is 19.4 Å². The molecule has 16 heavy (non-hydrogen) atoms. The predicted octanol–water partition coefficient (Wildman–Crippen LogP) is 3.21. The van der Waals surface area contributed by atoms with E-state index >= 15 is 0 Å². The average molecular weight is 286 g/mol. The summed E-state index contributed by atoms with van der Waals surface area (Å²) in [5.41, 5.74) is 1.21. The highest BCUT2D eigenvalue weighted by molar-refractivity contribution is 9.10. The molecule has 0 spiro atoms. The van der Waals surface area contributed by atoms with E-state index in [1.165, 1.54) is 5.56 Å². The highest BCUT2D eigenvalue weighted by Crippen LogP contribution is 2.16. The number of hydrogen-bond donors (Lipinski definition) is 1. The van der Waals surface area contributed by atoms with Crippen molar-refractivity contribution >= 4 is 15.9 Å². The summed E-state index contributed by atoms with van der Waals surface area (Å²) >= 11 is 3.51. The zero-order valence-corrected chi connectivity index (χ0v) is 11.6. The van der Waals surface area contributed by atoms with Crippen molar-refractivity contribution < 1.29 is 4.74 Å². The summed E-state index contributed by atoms with van der Waals surface area (Å²) in [6.07, 6.45) is 0. The molecule has 0 aliphatic carbocycles. The van der Waals surface area contributed by atoms with Gasteiger partial charge in [0.15, 0.2) is 0 Å². The molecule has 0 aromatic heterocycles. The van der Waals surface area contributed by atoms with E-state index in [4.69, 9.17) is 4.74 Å². The van der Waals surface area contributed by atoms with Crippen LogP contribution >= 0.6 is 15.9 Å². The third kappa shape index (κ3) is 5.10. The quantitative estimate of drug-likeness (QED) is 0.831. The average Bonchev–Trinajstić information content (AvgIpc) is 2.29. The van der Waals surface area contributed by atoms with Crippen molar-refractivity contribution in [3.05, 3.63) is 34.3 Å². The Labute approximate surface area is 107 Å². The fraction of sp³-hybridized carbons (Fsp3) is 0.538. The lowest BCUT2D eigenvalue weighted by Gasteiger charge is -2.12. The normalized spacial score (nSPS) is 12.7. The molecule has 0 bridgehead atoms. The summed E-state index contributed by atoms with van der Waals surface area (Å²) in [6, 6.07) is 8.17. The maximum Gasteiger partial charge on any atom is 0.0727 e. The monoisotopic (exact) mass is 285 g/mol. The first-order valence-corrected chi connectivity index (χ1v) is 6.55. The molecule has 0 amide bonds. The molecule has 2 nitrogen and oxygen atoms in total. The van der Waals surface area contributed by atoms with Crippen LogP contribution in [0, 0.1) is 5.92 Å². The Hall–Kier alpha value is -0.380. The third-order valence-corrected chi connectivity index (χ3v) is 3.13. The number of hydrogen-bond acceptors (Lipinski definition) is 2. The molecule has 0 saturated carbocycles. The van der Waals surface area contributed by atoms with Crippen molar-refractivity contribution in [1.29, 1.82) is 0 Å². The summed E-state index contributed by atoms with van der Waals surface area (Å²) in [5.74, 6) is 0.558. The molecule has 1 atom stereocenters. The Kier molecular flexibility index (Phi) is 6.69. The van der Waals surface area contributed by atoms with Crippen molar-refractivity contribution in [3.8, 4) is 0 Å². The second kappa shape index (κ2) is 7.82. The van der Waals surface area contributed by atoms with E-state index in [2.05, 4.69) is 41.2 Å². The highest BCUT2D eigenvalue weighted by atomic mass is 79.9. The fourth-order valence-electron chi connectivity index (χ4n) is 1.44. The van der Waals surface area contributed by atoms with Gasteiger partial charge in [-0.25, -0.2) is 0 Å². The van der Waals surface area contributed by atoms with Crippen LogP contribution in [-0.2, 0) is 11.3 Å². The minimum atomic E-state index is 0.558. The van der Waals surface area contributed by atoms with Crippen LogP contribution in [0.15, 0.2) is 28.7 Å². The van der Waals surface area contributed by atoms with Crippen molar-refractivity contribution in [2.24, 2.45) is 5.92 Å². The Morgan fingerprint density at radius 3 is 2.81 bits per heavy atom. The van der Waals surface area contributed by atoms with Gasteiger partial charge >= 0.3 is 0 Å². The lowest BCUT2D eigenvalue weighted by atomic mass is 10.2. The van der Waals surface area contributed by atoms with Gasteiger partial charge in [0.2, 0.25) is 0 Å². The number of nitrogens with one attached hydrogen (secondary N) is 1. The molecule has 0 saturated heterocycles. The second-order valence-electron chi connectivity index (χ2n) is 4.02. The summed E-state index contributed by atoms with van der Waals surface area (Å²) in [4.78, 5) is 0. The van der Waals surface area contributed by atoms with Gasteiger partial charge in [-0.3, -0.25) is 0 Å². The van der Waals surface area contributed by atoms with Crippen LogP contribution in [0.5, 0.6) is 0 Å². The molecule has 0 aliphatic heterocycles. The molecule has 0 fully saturated rings. The van der Waals surface area contributed by atoms with Gasteiger partial charge in [0.1, 0.15) is 0 Å². The summed E-state index contributed by atoms with van der Waals surface area (Å²) < 4.78 is 6.81. The van der Waals surface area contributed by atoms with E-state index in [9.17, 15) is 0 Å². The van der Waals surface area contributed by atoms with Crippen LogP contribution in [0.25, 0.3) is 0 Å². The van der Waals surface area contributed by atoms with Gasteiger partial charge in [-0.05, 0) is 30.6 Å². The zero-order chi connectivity index (χ0) is 11.8. The first-order chi connectivity index (χ1) is 7.74. The van der Waals surface area contributed by atoms with E-state index < -0.39 is 0 Å².